The van der Waals surface area contributed by atoms with Gasteiger partial charge in [-0.25, -0.2) is 0 Å². The maximum absolute atomic E-state index is 11.1. The van der Waals surface area contributed by atoms with Crippen LogP contribution in [0.25, 0.3) is 0 Å². The van der Waals surface area contributed by atoms with E-state index in [-0.39, 0.29) is 12.5 Å². The number of hydrogen-bond acceptors (Lipinski definition) is 4. The molecule has 5 nitrogen and oxygen atoms in total. The molecule has 1 amide bonds. The number of likely N-dealkylation sites (N-methyl/N-ethyl adjacent to an activating group) is 1. The molecule has 1 rings (SSSR count). The minimum Gasteiger partial charge on any atom is -0.383 e. The van der Waals surface area contributed by atoms with Gasteiger partial charge in [-0.15, -0.1) is 0 Å². The number of hydrogen-bond donors (Lipinski definition) is 2. The van der Waals surface area contributed by atoms with Crippen LogP contribution >= 0.6 is 0 Å². The second-order valence-corrected chi connectivity index (χ2v) is 4.28. The molecule has 0 aromatic heterocycles. The zero-order valence-electron chi connectivity index (χ0n) is 11.7. The molecule has 0 heterocycles. The Labute approximate surface area is 114 Å². The molecule has 0 saturated heterocycles. The number of nitrogens with one attached hydrogen (secondary N) is 1. The van der Waals surface area contributed by atoms with Crippen LogP contribution in [0, 0.1) is 0 Å². The lowest BCUT2D eigenvalue weighted by Crippen LogP contribution is -2.34. The van der Waals surface area contributed by atoms with Crippen LogP contribution in [0.5, 0.6) is 0 Å². The fourth-order valence-electron chi connectivity index (χ4n) is 1.92. The lowest BCUT2D eigenvalue weighted by Gasteiger charge is -2.24. The van der Waals surface area contributed by atoms with Crippen molar-refractivity contribution in [1.29, 1.82) is 0 Å². The van der Waals surface area contributed by atoms with E-state index >= 15 is 0 Å². The maximum Gasteiger partial charge on any atom is 0.236 e. The number of rotatable bonds is 9. The van der Waals surface area contributed by atoms with Crippen LogP contribution in [0.3, 0.4) is 0 Å². The molecule has 19 heavy (non-hydrogen) atoms. The van der Waals surface area contributed by atoms with Gasteiger partial charge in [0.1, 0.15) is 0 Å². The lowest BCUT2D eigenvalue weighted by atomic mass is 10.1. The third-order valence-electron chi connectivity index (χ3n) is 2.86. The van der Waals surface area contributed by atoms with Gasteiger partial charge in [-0.2, -0.15) is 0 Å². The van der Waals surface area contributed by atoms with Gasteiger partial charge < -0.3 is 20.7 Å². The van der Waals surface area contributed by atoms with Gasteiger partial charge in [-0.3, -0.25) is 4.79 Å². The van der Waals surface area contributed by atoms with Crippen LogP contribution in [0.1, 0.15) is 12.5 Å². The summed E-state index contributed by atoms with van der Waals surface area (Å²) in [6.45, 7) is 5.23. The number of anilines is 1. The predicted octanol–water partition coefficient (Wildman–Crippen LogP) is 0.734. The second-order valence-electron chi connectivity index (χ2n) is 4.28. The Kier molecular flexibility index (Phi) is 6.92. The molecule has 5 heteroatoms. The summed E-state index contributed by atoms with van der Waals surface area (Å²) in [4.78, 5) is 13.1. The second kappa shape index (κ2) is 8.50. The Hall–Kier alpha value is -1.59. The third kappa shape index (κ3) is 5.28. The van der Waals surface area contributed by atoms with Crippen molar-refractivity contribution < 1.29 is 9.53 Å². The molecule has 0 saturated carbocycles. The molecule has 0 aliphatic rings. The summed E-state index contributed by atoms with van der Waals surface area (Å²) in [5.41, 5.74) is 7.49. The Bertz CT molecular complexity index is 396. The molecule has 0 spiro atoms. The normalized spacial score (nSPS) is 10.4. The molecule has 0 radical (unpaired) electrons. The van der Waals surface area contributed by atoms with Gasteiger partial charge in [0.15, 0.2) is 0 Å². The molecular formula is C14H23N3O2. The van der Waals surface area contributed by atoms with Gasteiger partial charge in [-0.05, 0) is 18.6 Å². The number of carbonyl (C=O) groups is 1. The highest BCUT2D eigenvalue weighted by molar-refractivity contribution is 5.79. The fraction of sp³-hybridized carbons (Fsp3) is 0.500. The average Bonchev–Trinajstić information content (AvgIpc) is 2.41. The summed E-state index contributed by atoms with van der Waals surface area (Å²) >= 11 is 0. The smallest absolute Gasteiger partial charge is 0.236 e. The lowest BCUT2D eigenvalue weighted by molar-refractivity contribution is -0.116. The van der Waals surface area contributed by atoms with Crippen molar-refractivity contribution in [2.45, 2.75) is 13.5 Å². The number of benzene rings is 1. The van der Waals surface area contributed by atoms with E-state index in [1.807, 2.05) is 30.0 Å². The zero-order valence-corrected chi connectivity index (χ0v) is 11.7. The van der Waals surface area contributed by atoms with E-state index in [0.717, 1.165) is 30.9 Å². The van der Waals surface area contributed by atoms with E-state index in [1.165, 1.54) is 0 Å². The number of nitrogens with zero attached hydrogens (tertiary/aromatic N) is 1. The summed E-state index contributed by atoms with van der Waals surface area (Å²) in [5.74, 6) is -0.316. The highest BCUT2D eigenvalue weighted by Gasteiger charge is 2.11. The van der Waals surface area contributed by atoms with Crippen LogP contribution in [0.4, 0.5) is 5.69 Å². The molecule has 3 N–H and O–H groups in total. The quantitative estimate of drug-likeness (QED) is 0.646. The summed E-state index contributed by atoms with van der Waals surface area (Å²) < 4.78 is 5.00. The number of primary amides is 1. The molecule has 1 aromatic rings. The highest BCUT2D eigenvalue weighted by Crippen LogP contribution is 2.19. The van der Waals surface area contributed by atoms with E-state index in [2.05, 4.69) is 11.4 Å². The Morgan fingerprint density at radius 3 is 2.79 bits per heavy atom. The van der Waals surface area contributed by atoms with E-state index in [4.69, 9.17) is 10.5 Å². The van der Waals surface area contributed by atoms with Crippen molar-refractivity contribution in [3.8, 4) is 0 Å². The first-order valence-corrected chi connectivity index (χ1v) is 6.49. The van der Waals surface area contributed by atoms with Crippen molar-refractivity contribution in [3.05, 3.63) is 29.8 Å². The van der Waals surface area contributed by atoms with E-state index in [0.29, 0.717) is 6.61 Å². The molecule has 0 aliphatic carbocycles. The monoisotopic (exact) mass is 265 g/mol. The number of nitrogens with two attached hydrogens (primary N) is 1. The number of amides is 1. The van der Waals surface area contributed by atoms with Crippen molar-refractivity contribution in [2.75, 3.05) is 38.3 Å². The minimum atomic E-state index is -0.316. The van der Waals surface area contributed by atoms with E-state index in [9.17, 15) is 4.79 Å². The average molecular weight is 265 g/mol. The van der Waals surface area contributed by atoms with Crippen LogP contribution in [-0.2, 0) is 16.1 Å². The Morgan fingerprint density at radius 2 is 2.16 bits per heavy atom. The highest BCUT2D eigenvalue weighted by atomic mass is 16.5. The first-order valence-electron chi connectivity index (χ1n) is 6.49. The van der Waals surface area contributed by atoms with E-state index in [1.54, 1.807) is 7.11 Å². The summed E-state index contributed by atoms with van der Waals surface area (Å²) in [6, 6.07) is 8.03. The third-order valence-corrected chi connectivity index (χ3v) is 2.86. The number of methoxy groups -OCH3 is 1. The Balaban J connectivity index is 2.72. The summed E-state index contributed by atoms with van der Waals surface area (Å²) in [7, 11) is 1.68. The topological polar surface area (TPSA) is 67.6 Å². The van der Waals surface area contributed by atoms with Gasteiger partial charge in [0, 0.05) is 32.4 Å². The van der Waals surface area contributed by atoms with Gasteiger partial charge in [0.2, 0.25) is 5.91 Å². The molecular weight excluding hydrogens is 242 g/mol. The maximum atomic E-state index is 11.1. The van der Waals surface area contributed by atoms with E-state index < -0.39 is 0 Å². The molecule has 0 unspecified atom stereocenters. The standard InChI is InChI=1S/C14H23N3O2/c1-3-17(11-14(15)18)13-7-5-4-6-12(13)10-16-8-9-19-2/h4-7,16H,3,8-11H2,1-2H3,(H2,15,18). The predicted molar refractivity (Wildman–Crippen MR) is 77.1 cm³/mol. The molecule has 106 valence electrons. The summed E-state index contributed by atoms with van der Waals surface area (Å²) in [6.07, 6.45) is 0. The van der Waals surface area contributed by atoms with Crippen molar-refractivity contribution in [2.24, 2.45) is 5.73 Å². The van der Waals surface area contributed by atoms with Gasteiger partial charge >= 0.3 is 0 Å². The van der Waals surface area contributed by atoms with Crippen molar-refractivity contribution >= 4 is 11.6 Å². The van der Waals surface area contributed by atoms with Gasteiger partial charge in [0.25, 0.3) is 0 Å². The number of carbonyl (C=O) groups excluding carboxylic acids is 1. The van der Waals surface area contributed by atoms with Crippen LogP contribution in [0.2, 0.25) is 0 Å². The minimum absolute atomic E-state index is 0.242. The largest absolute Gasteiger partial charge is 0.383 e. The first-order chi connectivity index (χ1) is 9.19. The van der Waals surface area contributed by atoms with Gasteiger partial charge in [0.05, 0.1) is 13.2 Å². The zero-order chi connectivity index (χ0) is 14.1. The Morgan fingerprint density at radius 1 is 1.42 bits per heavy atom. The molecule has 1 aromatic carbocycles. The number of para-hydroxylation sites is 1. The van der Waals surface area contributed by atoms with Crippen LogP contribution in [-0.4, -0.2) is 39.3 Å². The van der Waals surface area contributed by atoms with Crippen LogP contribution in [0.15, 0.2) is 24.3 Å². The van der Waals surface area contributed by atoms with Crippen LogP contribution < -0.4 is 16.0 Å². The van der Waals surface area contributed by atoms with Gasteiger partial charge in [-0.1, -0.05) is 18.2 Å². The molecule has 0 fully saturated rings. The number of ether oxygens (including phenoxy) is 1. The van der Waals surface area contributed by atoms with Crippen molar-refractivity contribution in [1.82, 2.24) is 5.32 Å². The first kappa shape index (κ1) is 15.5. The molecule has 0 atom stereocenters. The molecule has 0 bridgehead atoms. The fourth-order valence-corrected chi connectivity index (χ4v) is 1.92. The SMILES string of the molecule is CCN(CC(N)=O)c1ccccc1CNCCOC. The van der Waals surface area contributed by atoms with Crippen molar-refractivity contribution in [3.63, 3.8) is 0 Å². The summed E-state index contributed by atoms with van der Waals surface area (Å²) in [5, 5.41) is 3.31. The molecule has 0 aliphatic heterocycles.